The van der Waals surface area contributed by atoms with Crippen molar-refractivity contribution < 1.29 is 0 Å². The standard InChI is InChI=1S/C16H32N2/c1-5-17-14-9-8-13(16(2,3)4)12-15(14)18-10-6-7-11-18/h13-15,17H,5-12H2,1-4H3. The summed E-state index contributed by atoms with van der Waals surface area (Å²) in [6, 6.07) is 1.54. The predicted molar refractivity (Wildman–Crippen MR) is 78.9 cm³/mol. The Morgan fingerprint density at radius 2 is 1.78 bits per heavy atom. The number of likely N-dealkylation sites (N-methyl/N-ethyl adjacent to an activating group) is 1. The van der Waals surface area contributed by atoms with Crippen LogP contribution in [0, 0.1) is 11.3 Å². The minimum Gasteiger partial charge on any atom is -0.313 e. The first-order valence-corrected chi connectivity index (χ1v) is 7.99. The molecule has 2 nitrogen and oxygen atoms in total. The molecule has 1 N–H and O–H groups in total. The second-order valence-electron chi connectivity index (χ2n) is 7.35. The Hall–Kier alpha value is -0.0800. The first-order valence-electron chi connectivity index (χ1n) is 7.99. The van der Waals surface area contributed by atoms with E-state index in [1.54, 1.807) is 0 Å². The molecule has 2 aliphatic rings. The maximum Gasteiger partial charge on any atom is 0.0252 e. The van der Waals surface area contributed by atoms with Gasteiger partial charge in [0.15, 0.2) is 0 Å². The molecule has 1 saturated carbocycles. The number of hydrogen-bond donors (Lipinski definition) is 1. The van der Waals surface area contributed by atoms with E-state index in [4.69, 9.17) is 0 Å². The third-order valence-corrected chi connectivity index (χ3v) is 5.12. The van der Waals surface area contributed by atoms with E-state index in [1.165, 1.54) is 45.2 Å². The maximum absolute atomic E-state index is 3.74. The average molecular weight is 252 g/mol. The topological polar surface area (TPSA) is 15.3 Å². The lowest BCUT2D eigenvalue weighted by molar-refractivity contribution is 0.0718. The Morgan fingerprint density at radius 3 is 2.33 bits per heavy atom. The lowest BCUT2D eigenvalue weighted by atomic mass is 9.69. The molecule has 2 rings (SSSR count). The molecule has 2 heteroatoms. The van der Waals surface area contributed by atoms with Crippen molar-refractivity contribution in [3.8, 4) is 0 Å². The highest BCUT2D eigenvalue weighted by Crippen LogP contribution is 2.40. The van der Waals surface area contributed by atoms with Gasteiger partial charge in [-0.2, -0.15) is 0 Å². The molecule has 0 spiro atoms. The number of rotatable bonds is 3. The molecule has 0 amide bonds. The van der Waals surface area contributed by atoms with Crippen molar-refractivity contribution in [1.82, 2.24) is 10.2 Å². The third kappa shape index (κ3) is 3.27. The molecule has 0 radical (unpaired) electrons. The van der Waals surface area contributed by atoms with Gasteiger partial charge in [-0.15, -0.1) is 0 Å². The van der Waals surface area contributed by atoms with Crippen molar-refractivity contribution in [2.24, 2.45) is 11.3 Å². The molecule has 0 aromatic carbocycles. The van der Waals surface area contributed by atoms with Crippen LogP contribution in [0.1, 0.15) is 59.8 Å². The van der Waals surface area contributed by atoms with Crippen molar-refractivity contribution in [2.45, 2.75) is 71.9 Å². The molecule has 1 saturated heterocycles. The lowest BCUT2D eigenvalue weighted by Gasteiger charge is -2.45. The highest BCUT2D eigenvalue weighted by Gasteiger charge is 2.38. The zero-order valence-electron chi connectivity index (χ0n) is 12.8. The first-order chi connectivity index (χ1) is 8.52. The summed E-state index contributed by atoms with van der Waals surface area (Å²) in [6.45, 7) is 13.3. The Kier molecular flexibility index (Phi) is 4.71. The van der Waals surface area contributed by atoms with Gasteiger partial charge in [-0.1, -0.05) is 27.7 Å². The molecular formula is C16H32N2. The van der Waals surface area contributed by atoms with Gasteiger partial charge in [-0.05, 0) is 63.1 Å². The third-order valence-electron chi connectivity index (χ3n) is 5.12. The second-order valence-corrected chi connectivity index (χ2v) is 7.35. The molecule has 18 heavy (non-hydrogen) atoms. The van der Waals surface area contributed by atoms with Crippen LogP contribution < -0.4 is 5.32 Å². The Labute approximate surface area is 114 Å². The number of nitrogens with one attached hydrogen (secondary N) is 1. The van der Waals surface area contributed by atoms with Gasteiger partial charge in [0, 0.05) is 12.1 Å². The Balaban J connectivity index is 2.03. The van der Waals surface area contributed by atoms with Gasteiger partial charge in [-0.25, -0.2) is 0 Å². The molecular weight excluding hydrogens is 220 g/mol. The molecule has 1 aliphatic carbocycles. The number of nitrogens with zero attached hydrogens (tertiary/aromatic N) is 1. The largest absolute Gasteiger partial charge is 0.313 e. The van der Waals surface area contributed by atoms with Gasteiger partial charge in [0.2, 0.25) is 0 Å². The summed E-state index contributed by atoms with van der Waals surface area (Å²) in [5.74, 6) is 0.901. The van der Waals surface area contributed by atoms with Crippen molar-refractivity contribution in [1.29, 1.82) is 0 Å². The molecule has 3 atom stereocenters. The zero-order valence-corrected chi connectivity index (χ0v) is 12.8. The van der Waals surface area contributed by atoms with Gasteiger partial charge in [0.25, 0.3) is 0 Å². The summed E-state index contributed by atoms with van der Waals surface area (Å²) < 4.78 is 0. The SMILES string of the molecule is CCNC1CCC(C(C)(C)C)CC1N1CCCC1. The van der Waals surface area contributed by atoms with E-state index < -0.39 is 0 Å². The van der Waals surface area contributed by atoms with E-state index in [-0.39, 0.29) is 0 Å². The van der Waals surface area contributed by atoms with E-state index >= 15 is 0 Å². The fraction of sp³-hybridized carbons (Fsp3) is 1.00. The van der Waals surface area contributed by atoms with E-state index in [2.05, 4.69) is 37.9 Å². The monoisotopic (exact) mass is 252 g/mol. The molecule has 3 unspecified atom stereocenters. The van der Waals surface area contributed by atoms with Gasteiger partial charge >= 0.3 is 0 Å². The van der Waals surface area contributed by atoms with Gasteiger partial charge in [0.1, 0.15) is 0 Å². The van der Waals surface area contributed by atoms with Crippen LogP contribution in [0.3, 0.4) is 0 Å². The van der Waals surface area contributed by atoms with Gasteiger partial charge < -0.3 is 5.32 Å². The van der Waals surface area contributed by atoms with Crippen LogP contribution >= 0.6 is 0 Å². The molecule has 106 valence electrons. The van der Waals surface area contributed by atoms with Crippen molar-refractivity contribution >= 4 is 0 Å². The fourth-order valence-corrected chi connectivity index (χ4v) is 3.91. The van der Waals surface area contributed by atoms with E-state index in [9.17, 15) is 0 Å². The summed E-state index contributed by atoms with van der Waals surface area (Å²) in [4.78, 5) is 2.77. The zero-order chi connectivity index (χ0) is 13.2. The minimum atomic E-state index is 0.481. The molecule has 2 fully saturated rings. The molecule has 0 bridgehead atoms. The maximum atomic E-state index is 3.74. The minimum absolute atomic E-state index is 0.481. The number of hydrogen-bond acceptors (Lipinski definition) is 2. The summed E-state index contributed by atoms with van der Waals surface area (Å²) in [5.41, 5.74) is 0.481. The summed E-state index contributed by atoms with van der Waals surface area (Å²) in [5, 5.41) is 3.74. The van der Waals surface area contributed by atoms with Gasteiger partial charge in [0.05, 0.1) is 0 Å². The summed E-state index contributed by atoms with van der Waals surface area (Å²) in [6.07, 6.45) is 7.01. The van der Waals surface area contributed by atoms with Crippen molar-refractivity contribution in [3.05, 3.63) is 0 Å². The van der Waals surface area contributed by atoms with Crippen molar-refractivity contribution in [3.63, 3.8) is 0 Å². The van der Waals surface area contributed by atoms with Crippen LogP contribution in [-0.2, 0) is 0 Å². The highest BCUT2D eigenvalue weighted by atomic mass is 15.2. The number of likely N-dealkylation sites (tertiary alicyclic amines) is 1. The normalized spacial score (nSPS) is 35.0. The quantitative estimate of drug-likeness (QED) is 0.829. The average Bonchev–Trinajstić information content (AvgIpc) is 2.82. The van der Waals surface area contributed by atoms with Gasteiger partial charge in [-0.3, -0.25) is 4.90 Å². The summed E-state index contributed by atoms with van der Waals surface area (Å²) in [7, 11) is 0. The van der Waals surface area contributed by atoms with E-state index in [1.807, 2.05) is 0 Å². The van der Waals surface area contributed by atoms with Crippen LogP contribution in [-0.4, -0.2) is 36.6 Å². The molecule has 1 heterocycles. The second kappa shape index (κ2) is 5.92. The Bertz CT molecular complexity index is 250. The van der Waals surface area contributed by atoms with Crippen molar-refractivity contribution in [2.75, 3.05) is 19.6 Å². The first kappa shape index (κ1) is 14.3. The highest BCUT2D eigenvalue weighted by molar-refractivity contribution is 4.95. The van der Waals surface area contributed by atoms with Crippen LogP contribution in [0.15, 0.2) is 0 Å². The Morgan fingerprint density at radius 1 is 1.11 bits per heavy atom. The predicted octanol–water partition coefficient (Wildman–Crippen LogP) is 3.28. The summed E-state index contributed by atoms with van der Waals surface area (Å²) >= 11 is 0. The van der Waals surface area contributed by atoms with Crippen LogP contribution in [0.5, 0.6) is 0 Å². The van der Waals surface area contributed by atoms with Crippen LogP contribution in [0.2, 0.25) is 0 Å². The van der Waals surface area contributed by atoms with E-state index in [0.29, 0.717) is 5.41 Å². The molecule has 0 aromatic rings. The smallest absolute Gasteiger partial charge is 0.0252 e. The van der Waals surface area contributed by atoms with Crippen LogP contribution in [0.4, 0.5) is 0 Å². The van der Waals surface area contributed by atoms with E-state index in [0.717, 1.165) is 24.5 Å². The van der Waals surface area contributed by atoms with Crippen LogP contribution in [0.25, 0.3) is 0 Å². The lowest BCUT2D eigenvalue weighted by Crippen LogP contribution is -2.53. The molecule has 0 aromatic heterocycles. The fourth-order valence-electron chi connectivity index (χ4n) is 3.91. The molecule has 1 aliphatic heterocycles.